The van der Waals surface area contributed by atoms with Crippen LogP contribution in [0, 0.1) is 5.82 Å². The Morgan fingerprint density at radius 2 is 1.88 bits per heavy atom. The van der Waals surface area contributed by atoms with Gasteiger partial charge in [-0.15, -0.1) is 0 Å². The van der Waals surface area contributed by atoms with Crippen LogP contribution in [0.4, 0.5) is 4.39 Å². The minimum absolute atomic E-state index is 0.361. The summed E-state index contributed by atoms with van der Waals surface area (Å²) in [6.07, 6.45) is 0. The second kappa shape index (κ2) is 5.25. The van der Waals surface area contributed by atoms with Gasteiger partial charge in [0.2, 0.25) is 0 Å². The zero-order valence-corrected chi connectivity index (χ0v) is 9.30. The van der Waals surface area contributed by atoms with Gasteiger partial charge in [-0.25, -0.2) is 4.39 Å². The molecule has 1 saturated heterocycles. The normalized spacial score (nSPS) is 18.9. The molecule has 17 heavy (non-hydrogen) atoms. The van der Waals surface area contributed by atoms with E-state index in [4.69, 9.17) is 4.74 Å². The smallest absolute Gasteiger partial charge is 0.325 e. The van der Waals surface area contributed by atoms with E-state index < -0.39 is 12.0 Å². The Kier molecular flexibility index (Phi) is 3.71. The maximum absolute atomic E-state index is 12.8. The monoisotopic (exact) mass is 239 g/mol. The summed E-state index contributed by atoms with van der Waals surface area (Å²) in [7, 11) is 0. The topological polar surface area (TPSA) is 49.8 Å². The number of halogens is 1. The predicted octanol–water partition coefficient (Wildman–Crippen LogP) is 1.28. The van der Waals surface area contributed by atoms with Crippen LogP contribution in [0.25, 0.3) is 0 Å². The van der Waals surface area contributed by atoms with Crippen molar-refractivity contribution in [3.8, 4) is 0 Å². The third-order valence-corrected chi connectivity index (χ3v) is 2.83. The lowest BCUT2D eigenvalue weighted by atomic mass is 10.0. The molecule has 0 aliphatic carbocycles. The zero-order valence-electron chi connectivity index (χ0n) is 9.30. The van der Waals surface area contributed by atoms with Gasteiger partial charge in [-0.1, -0.05) is 12.1 Å². The number of nitrogens with zero attached hydrogens (tertiary/aromatic N) is 1. The molecule has 0 bridgehead atoms. The van der Waals surface area contributed by atoms with Gasteiger partial charge in [0.05, 0.1) is 13.2 Å². The van der Waals surface area contributed by atoms with Crippen LogP contribution in [0.3, 0.4) is 0 Å². The highest BCUT2D eigenvalue weighted by atomic mass is 19.1. The molecule has 1 aromatic rings. The molecule has 0 radical (unpaired) electrons. The summed E-state index contributed by atoms with van der Waals surface area (Å²) < 4.78 is 18.0. The van der Waals surface area contributed by atoms with Gasteiger partial charge >= 0.3 is 5.97 Å². The minimum Gasteiger partial charge on any atom is -0.480 e. The highest BCUT2D eigenvalue weighted by molar-refractivity contribution is 5.75. The fourth-order valence-electron chi connectivity index (χ4n) is 1.99. The van der Waals surface area contributed by atoms with Crippen LogP contribution in [0.15, 0.2) is 24.3 Å². The lowest BCUT2D eigenvalue weighted by molar-refractivity contribution is -0.145. The first-order chi connectivity index (χ1) is 8.18. The third kappa shape index (κ3) is 2.81. The molecule has 1 atom stereocenters. The molecular weight excluding hydrogens is 225 g/mol. The van der Waals surface area contributed by atoms with Crippen molar-refractivity contribution in [2.45, 2.75) is 6.04 Å². The highest BCUT2D eigenvalue weighted by Gasteiger charge is 2.28. The first-order valence-corrected chi connectivity index (χ1v) is 5.48. The van der Waals surface area contributed by atoms with Gasteiger partial charge in [0.1, 0.15) is 11.9 Å². The molecule has 0 saturated carbocycles. The number of morpholine rings is 1. The molecule has 92 valence electrons. The molecule has 1 fully saturated rings. The summed E-state index contributed by atoms with van der Waals surface area (Å²) in [5.41, 5.74) is 0.598. The number of ether oxygens (including phenoxy) is 1. The van der Waals surface area contributed by atoms with E-state index >= 15 is 0 Å². The average Bonchev–Trinajstić information content (AvgIpc) is 2.33. The first kappa shape index (κ1) is 12.0. The molecule has 5 heteroatoms. The van der Waals surface area contributed by atoms with Gasteiger partial charge in [0.25, 0.3) is 0 Å². The van der Waals surface area contributed by atoms with Gasteiger partial charge in [-0.3, -0.25) is 9.69 Å². The van der Waals surface area contributed by atoms with Crippen LogP contribution in [-0.2, 0) is 9.53 Å². The van der Waals surface area contributed by atoms with E-state index in [0.29, 0.717) is 31.9 Å². The van der Waals surface area contributed by atoms with E-state index in [1.165, 1.54) is 24.3 Å². The Balaban J connectivity index is 2.21. The lowest BCUT2D eigenvalue weighted by Gasteiger charge is -2.32. The van der Waals surface area contributed by atoms with Gasteiger partial charge in [0.15, 0.2) is 0 Å². The largest absolute Gasteiger partial charge is 0.480 e. The molecule has 0 amide bonds. The Labute approximate surface area is 98.6 Å². The summed E-state index contributed by atoms with van der Waals surface area (Å²) in [5.74, 6) is -1.28. The van der Waals surface area contributed by atoms with E-state index in [1.54, 1.807) is 0 Å². The lowest BCUT2D eigenvalue weighted by Crippen LogP contribution is -2.42. The molecule has 2 rings (SSSR count). The Morgan fingerprint density at radius 1 is 1.29 bits per heavy atom. The van der Waals surface area contributed by atoms with Crippen LogP contribution >= 0.6 is 0 Å². The number of carboxylic acids is 1. The van der Waals surface area contributed by atoms with Crippen LogP contribution < -0.4 is 0 Å². The summed E-state index contributed by atoms with van der Waals surface area (Å²) in [5, 5.41) is 9.27. The molecule has 0 aromatic heterocycles. The van der Waals surface area contributed by atoms with Crippen LogP contribution in [0.2, 0.25) is 0 Å². The van der Waals surface area contributed by atoms with Crippen molar-refractivity contribution in [1.29, 1.82) is 0 Å². The average molecular weight is 239 g/mol. The molecule has 1 aliphatic rings. The quantitative estimate of drug-likeness (QED) is 0.863. The SMILES string of the molecule is O=C(O)[C@H](c1ccc(F)cc1)N1CCOCC1. The summed E-state index contributed by atoms with van der Waals surface area (Å²) in [6, 6.07) is 4.88. The van der Waals surface area contributed by atoms with Crippen molar-refractivity contribution < 1.29 is 19.0 Å². The second-order valence-corrected chi connectivity index (χ2v) is 3.94. The van der Waals surface area contributed by atoms with Gasteiger partial charge in [-0.05, 0) is 17.7 Å². The first-order valence-electron chi connectivity index (χ1n) is 5.48. The molecule has 1 aliphatic heterocycles. The molecule has 4 nitrogen and oxygen atoms in total. The Hall–Kier alpha value is -1.46. The van der Waals surface area contributed by atoms with Crippen molar-refractivity contribution >= 4 is 5.97 Å². The molecule has 1 heterocycles. The fourth-order valence-corrected chi connectivity index (χ4v) is 1.99. The van der Waals surface area contributed by atoms with Crippen molar-refractivity contribution in [2.24, 2.45) is 0 Å². The Bertz CT molecular complexity index is 387. The van der Waals surface area contributed by atoms with E-state index in [9.17, 15) is 14.3 Å². The van der Waals surface area contributed by atoms with Crippen molar-refractivity contribution in [1.82, 2.24) is 4.90 Å². The van der Waals surface area contributed by atoms with E-state index in [1.807, 2.05) is 4.90 Å². The highest BCUT2D eigenvalue weighted by Crippen LogP contribution is 2.22. The maximum atomic E-state index is 12.8. The maximum Gasteiger partial charge on any atom is 0.325 e. The van der Waals surface area contributed by atoms with Crippen LogP contribution in [0.5, 0.6) is 0 Å². The standard InChI is InChI=1S/C12H14FNO3/c13-10-3-1-9(2-4-10)11(12(15)16)14-5-7-17-8-6-14/h1-4,11H,5-8H2,(H,15,16)/t11-/m0/s1. The van der Waals surface area contributed by atoms with Crippen molar-refractivity contribution in [2.75, 3.05) is 26.3 Å². The van der Waals surface area contributed by atoms with Crippen LogP contribution in [-0.4, -0.2) is 42.3 Å². The molecule has 0 unspecified atom stereocenters. The number of hydrogen-bond acceptors (Lipinski definition) is 3. The number of carboxylic acid groups (broad SMARTS) is 1. The Morgan fingerprint density at radius 3 is 2.41 bits per heavy atom. The van der Waals surface area contributed by atoms with Gasteiger partial charge in [-0.2, -0.15) is 0 Å². The summed E-state index contributed by atoms with van der Waals surface area (Å²) >= 11 is 0. The fraction of sp³-hybridized carbons (Fsp3) is 0.417. The predicted molar refractivity (Wildman–Crippen MR) is 59.2 cm³/mol. The molecular formula is C12H14FNO3. The van der Waals surface area contributed by atoms with E-state index in [2.05, 4.69) is 0 Å². The van der Waals surface area contributed by atoms with Crippen molar-refractivity contribution in [3.05, 3.63) is 35.6 Å². The van der Waals surface area contributed by atoms with Crippen molar-refractivity contribution in [3.63, 3.8) is 0 Å². The third-order valence-electron chi connectivity index (χ3n) is 2.83. The molecule has 0 spiro atoms. The van der Waals surface area contributed by atoms with Crippen LogP contribution in [0.1, 0.15) is 11.6 Å². The molecule has 1 aromatic carbocycles. The number of aliphatic carboxylic acids is 1. The van der Waals surface area contributed by atoms with Gasteiger partial charge < -0.3 is 9.84 Å². The minimum atomic E-state index is -0.918. The molecule has 1 N–H and O–H groups in total. The van der Waals surface area contributed by atoms with E-state index in [0.717, 1.165) is 0 Å². The number of hydrogen-bond donors (Lipinski definition) is 1. The number of rotatable bonds is 3. The van der Waals surface area contributed by atoms with E-state index in [-0.39, 0.29) is 5.82 Å². The van der Waals surface area contributed by atoms with Gasteiger partial charge in [0, 0.05) is 13.1 Å². The second-order valence-electron chi connectivity index (χ2n) is 3.94. The zero-order chi connectivity index (χ0) is 12.3. The summed E-state index contributed by atoms with van der Waals surface area (Å²) in [6.45, 7) is 2.22. The number of carbonyl (C=O) groups is 1. The summed E-state index contributed by atoms with van der Waals surface area (Å²) in [4.78, 5) is 13.1. The number of benzene rings is 1.